The Morgan fingerprint density at radius 2 is 1.89 bits per heavy atom. The lowest BCUT2D eigenvalue weighted by Gasteiger charge is -2.15. The van der Waals surface area contributed by atoms with Crippen molar-refractivity contribution < 1.29 is 19.1 Å². The smallest absolute Gasteiger partial charge is 0.303 e. The maximum Gasteiger partial charge on any atom is 0.303 e. The number of carboxylic acid groups (broad SMARTS) is 1. The Bertz CT molecular complexity index is 1490. The number of nitrogens with zero attached hydrogens (tertiary/aromatic N) is 2. The van der Waals surface area contributed by atoms with Crippen LogP contribution in [-0.2, 0) is 17.6 Å². The number of fused-ring (bicyclic) bond motifs is 2. The molecule has 0 saturated heterocycles. The highest BCUT2D eigenvalue weighted by Gasteiger charge is 2.25. The van der Waals surface area contributed by atoms with Crippen molar-refractivity contribution in [2.75, 3.05) is 0 Å². The molecule has 0 aliphatic heterocycles. The van der Waals surface area contributed by atoms with Crippen LogP contribution in [0.25, 0.3) is 22.3 Å². The molecule has 4 aromatic rings. The van der Waals surface area contributed by atoms with Gasteiger partial charge in [0.1, 0.15) is 5.82 Å². The maximum absolute atomic E-state index is 13.5. The number of carboxylic acids is 1. The second-order valence-corrected chi connectivity index (χ2v) is 9.72. The Labute approximate surface area is 218 Å². The number of rotatable bonds is 8. The minimum absolute atomic E-state index is 0.0840. The number of hydrogen-bond acceptors (Lipinski definition) is 4. The van der Waals surface area contributed by atoms with E-state index >= 15 is 0 Å². The average molecular weight is 518 g/mol. The highest BCUT2D eigenvalue weighted by atomic mass is 35.5. The molecule has 0 fully saturated rings. The predicted octanol–water partition coefficient (Wildman–Crippen LogP) is 6.30. The van der Waals surface area contributed by atoms with E-state index in [1.165, 1.54) is 18.3 Å². The summed E-state index contributed by atoms with van der Waals surface area (Å²) in [5.41, 5.74) is 5.47. The van der Waals surface area contributed by atoms with Crippen molar-refractivity contribution >= 4 is 34.5 Å². The standard InChI is InChI=1S/C29H25ClFN3O3/c30-22-8-11-24-18(15-22)7-12-25(24)33-29(37)21-14-20-13-19(3-1-2-4-26(35)36)27(34-28(20)32-16-21)17-5-9-23(31)10-6-17/h5-6,8-11,13-16,25H,1-4,7,12H2,(H,33,37)(H,35,36). The van der Waals surface area contributed by atoms with Gasteiger partial charge in [-0.3, -0.25) is 9.59 Å². The van der Waals surface area contributed by atoms with Crippen LogP contribution in [0.3, 0.4) is 0 Å². The molecule has 1 amide bonds. The van der Waals surface area contributed by atoms with E-state index in [0.717, 1.165) is 35.1 Å². The van der Waals surface area contributed by atoms with E-state index in [4.69, 9.17) is 21.7 Å². The van der Waals surface area contributed by atoms with Crippen molar-refractivity contribution in [2.24, 2.45) is 0 Å². The van der Waals surface area contributed by atoms with Gasteiger partial charge in [-0.2, -0.15) is 0 Å². The molecule has 5 rings (SSSR count). The Morgan fingerprint density at radius 1 is 1.08 bits per heavy atom. The number of carbonyl (C=O) groups is 2. The zero-order chi connectivity index (χ0) is 25.9. The highest BCUT2D eigenvalue weighted by molar-refractivity contribution is 6.30. The summed E-state index contributed by atoms with van der Waals surface area (Å²) >= 11 is 6.11. The molecular formula is C29H25ClFN3O3. The fourth-order valence-electron chi connectivity index (χ4n) is 4.85. The van der Waals surface area contributed by atoms with Gasteiger partial charge in [-0.15, -0.1) is 0 Å². The van der Waals surface area contributed by atoms with E-state index in [0.29, 0.717) is 46.6 Å². The van der Waals surface area contributed by atoms with E-state index in [-0.39, 0.29) is 24.2 Å². The van der Waals surface area contributed by atoms with Gasteiger partial charge in [-0.1, -0.05) is 17.7 Å². The Hall–Kier alpha value is -3.84. The van der Waals surface area contributed by atoms with Crippen LogP contribution in [0, 0.1) is 5.82 Å². The molecule has 2 heterocycles. The van der Waals surface area contributed by atoms with Crippen molar-refractivity contribution in [3.8, 4) is 11.3 Å². The summed E-state index contributed by atoms with van der Waals surface area (Å²) in [6.07, 6.45) is 5.07. The number of benzene rings is 2. The summed E-state index contributed by atoms with van der Waals surface area (Å²) < 4.78 is 13.5. The molecule has 1 aliphatic carbocycles. The summed E-state index contributed by atoms with van der Waals surface area (Å²) in [6, 6.07) is 15.5. The molecule has 6 nitrogen and oxygen atoms in total. The largest absolute Gasteiger partial charge is 0.481 e. The van der Waals surface area contributed by atoms with Gasteiger partial charge >= 0.3 is 5.97 Å². The maximum atomic E-state index is 13.5. The SMILES string of the molecule is O=C(O)CCCCc1cc2cc(C(=O)NC3CCc4cc(Cl)ccc43)cnc2nc1-c1ccc(F)cc1. The van der Waals surface area contributed by atoms with Crippen LogP contribution >= 0.6 is 11.6 Å². The van der Waals surface area contributed by atoms with E-state index in [9.17, 15) is 14.0 Å². The van der Waals surface area contributed by atoms with Crippen LogP contribution < -0.4 is 5.32 Å². The molecule has 1 unspecified atom stereocenters. The summed E-state index contributed by atoms with van der Waals surface area (Å²) in [6.45, 7) is 0. The van der Waals surface area contributed by atoms with Crippen molar-refractivity contribution in [3.63, 3.8) is 0 Å². The topological polar surface area (TPSA) is 92.2 Å². The first-order valence-electron chi connectivity index (χ1n) is 12.2. The van der Waals surface area contributed by atoms with Gasteiger partial charge in [-0.25, -0.2) is 14.4 Å². The summed E-state index contributed by atoms with van der Waals surface area (Å²) in [7, 11) is 0. The van der Waals surface area contributed by atoms with Gasteiger partial charge in [0.05, 0.1) is 17.3 Å². The van der Waals surface area contributed by atoms with Crippen molar-refractivity contribution in [1.29, 1.82) is 0 Å². The Balaban J connectivity index is 1.42. The number of pyridine rings is 2. The lowest BCUT2D eigenvalue weighted by atomic mass is 9.99. The number of hydrogen-bond donors (Lipinski definition) is 2. The quantitative estimate of drug-likeness (QED) is 0.267. The molecule has 8 heteroatoms. The molecule has 37 heavy (non-hydrogen) atoms. The monoisotopic (exact) mass is 517 g/mol. The summed E-state index contributed by atoms with van der Waals surface area (Å²) in [5, 5.41) is 13.5. The number of halogens is 2. The second-order valence-electron chi connectivity index (χ2n) is 9.28. The van der Waals surface area contributed by atoms with Crippen molar-refractivity contribution in [1.82, 2.24) is 15.3 Å². The third-order valence-corrected chi connectivity index (χ3v) is 6.94. The third kappa shape index (κ3) is 5.62. The number of aryl methyl sites for hydroxylation is 2. The van der Waals surface area contributed by atoms with Gasteiger partial charge in [0.15, 0.2) is 5.65 Å². The predicted molar refractivity (Wildman–Crippen MR) is 140 cm³/mol. The van der Waals surface area contributed by atoms with Crippen LogP contribution in [0.15, 0.2) is 60.8 Å². The van der Waals surface area contributed by atoms with Crippen LogP contribution in [0.1, 0.15) is 58.8 Å². The zero-order valence-electron chi connectivity index (χ0n) is 20.0. The number of amides is 1. The summed E-state index contributed by atoms with van der Waals surface area (Å²) in [5.74, 6) is -1.38. The number of nitrogens with one attached hydrogen (secondary N) is 1. The lowest BCUT2D eigenvalue weighted by molar-refractivity contribution is -0.137. The molecule has 0 bridgehead atoms. The number of unbranched alkanes of at least 4 members (excludes halogenated alkanes) is 1. The van der Waals surface area contributed by atoms with Crippen molar-refractivity contribution in [2.45, 2.75) is 44.6 Å². The van der Waals surface area contributed by atoms with Crippen LogP contribution in [0.5, 0.6) is 0 Å². The molecule has 0 radical (unpaired) electrons. The van der Waals surface area contributed by atoms with E-state index in [1.54, 1.807) is 18.2 Å². The number of carbonyl (C=O) groups excluding carboxylic acids is 1. The van der Waals surface area contributed by atoms with Crippen LogP contribution in [0.4, 0.5) is 4.39 Å². The van der Waals surface area contributed by atoms with Gasteiger partial charge in [0, 0.05) is 28.6 Å². The van der Waals surface area contributed by atoms with Crippen LogP contribution in [0.2, 0.25) is 5.02 Å². The first kappa shape index (κ1) is 24.8. The minimum Gasteiger partial charge on any atom is -0.481 e. The first-order valence-corrected chi connectivity index (χ1v) is 12.6. The fraction of sp³-hybridized carbons (Fsp3) is 0.241. The number of aromatic nitrogens is 2. The number of aliphatic carboxylic acids is 1. The normalized spacial score (nSPS) is 14.5. The van der Waals surface area contributed by atoms with Crippen LogP contribution in [-0.4, -0.2) is 27.0 Å². The van der Waals surface area contributed by atoms with E-state index in [2.05, 4.69) is 10.3 Å². The van der Waals surface area contributed by atoms with Gasteiger partial charge in [0.25, 0.3) is 5.91 Å². The zero-order valence-corrected chi connectivity index (χ0v) is 20.8. The average Bonchev–Trinajstić information content (AvgIpc) is 3.27. The van der Waals surface area contributed by atoms with E-state index < -0.39 is 5.97 Å². The second kappa shape index (κ2) is 10.6. The molecular weight excluding hydrogens is 493 g/mol. The first-order chi connectivity index (χ1) is 17.9. The van der Waals surface area contributed by atoms with E-state index in [1.807, 2.05) is 24.3 Å². The molecule has 1 atom stereocenters. The molecule has 188 valence electrons. The minimum atomic E-state index is -0.830. The third-order valence-electron chi connectivity index (χ3n) is 6.70. The van der Waals surface area contributed by atoms with Gasteiger partial charge in [-0.05, 0) is 97.3 Å². The molecule has 2 N–H and O–H groups in total. The molecule has 1 aliphatic rings. The molecule has 2 aromatic heterocycles. The van der Waals surface area contributed by atoms with Gasteiger partial charge in [0.2, 0.25) is 0 Å². The molecule has 2 aromatic carbocycles. The van der Waals surface area contributed by atoms with Gasteiger partial charge < -0.3 is 10.4 Å². The fourth-order valence-corrected chi connectivity index (χ4v) is 5.04. The van der Waals surface area contributed by atoms with Crippen molar-refractivity contribution in [3.05, 3.63) is 93.9 Å². The molecule has 0 spiro atoms. The summed E-state index contributed by atoms with van der Waals surface area (Å²) in [4.78, 5) is 33.2. The lowest BCUT2D eigenvalue weighted by Crippen LogP contribution is -2.27. The molecule has 0 saturated carbocycles. The Kier molecular flexibility index (Phi) is 7.15. The Morgan fingerprint density at radius 3 is 2.68 bits per heavy atom. The highest BCUT2D eigenvalue weighted by Crippen LogP contribution is 2.33.